The molecule has 0 radical (unpaired) electrons. The van der Waals surface area contributed by atoms with Gasteiger partial charge in [-0.05, 0) is 19.8 Å². The molecule has 1 fully saturated rings. The minimum absolute atomic E-state index is 0.208. The van der Waals surface area contributed by atoms with Crippen LogP contribution in [-0.2, 0) is 9.59 Å². The molecular weight excluding hydrogens is 222 g/mol. The third-order valence-electron chi connectivity index (χ3n) is 3.13. The van der Waals surface area contributed by atoms with Crippen molar-refractivity contribution in [2.45, 2.75) is 39.2 Å². The number of hydrogen-bond donors (Lipinski definition) is 2. The molecule has 2 N–H and O–H groups in total. The molecule has 0 unspecified atom stereocenters. The van der Waals surface area contributed by atoms with Crippen molar-refractivity contribution in [3.8, 4) is 0 Å². The first kappa shape index (κ1) is 13.5. The Morgan fingerprint density at radius 1 is 1.29 bits per heavy atom. The summed E-state index contributed by atoms with van der Waals surface area (Å²) in [5, 5.41) is 5.24. The van der Waals surface area contributed by atoms with Crippen LogP contribution in [-0.4, -0.2) is 41.4 Å². The van der Waals surface area contributed by atoms with Gasteiger partial charge in [-0.15, -0.1) is 0 Å². The number of carbonyl (C=O) groups excluding carboxylic acids is 3. The maximum absolute atomic E-state index is 12.1. The quantitative estimate of drug-likeness (QED) is 0.676. The predicted octanol–water partition coefficient (Wildman–Crippen LogP) is 0.233. The Kier molecular flexibility index (Phi) is 4.09. The molecule has 1 aliphatic heterocycles. The standard InChI is InChI=1S/C11H19N3O3/c1-4-11(5-2)9(16)14(10(17)13-11)7-8(15)12-6-3/h4-7H2,1-3H3,(H,12,15)(H,13,17). The van der Waals surface area contributed by atoms with Crippen molar-refractivity contribution in [2.75, 3.05) is 13.1 Å². The lowest BCUT2D eigenvalue weighted by Crippen LogP contribution is -2.46. The average Bonchev–Trinajstić information content (AvgIpc) is 2.54. The molecule has 0 spiro atoms. The van der Waals surface area contributed by atoms with E-state index in [0.717, 1.165) is 4.90 Å². The molecule has 0 aliphatic carbocycles. The number of nitrogens with zero attached hydrogens (tertiary/aromatic N) is 1. The maximum atomic E-state index is 12.1. The van der Waals surface area contributed by atoms with E-state index in [-0.39, 0.29) is 18.4 Å². The van der Waals surface area contributed by atoms with Gasteiger partial charge in [-0.2, -0.15) is 0 Å². The normalized spacial score (nSPS) is 18.2. The van der Waals surface area contributed by atoms with Crippen LogP contribution < -0.4 is 10.6 Å². The summed E-state index contributed by atoms with van der Waals surface area (Å²) in [5.41, 5.74) is -0.830. The second kappa shape index (κ2) is 5.16. The topological polar surface area (TPSA) is 78.5 Å². The number of likely N-dealkylation sites (N-methyl/N-ethyl adjacent to an activating group) is 1. The van der Waals surface area contributed by atoms with E-state index in [4.69, 9.17) is 0 Å². The lowest BCUT2D eigenvalue weighted by molar-refractivity contribution is -0.135. The zero-order valence-electron chi connectivity index (χ0n) is 10.5. The van der Waals surface area contributed by atoms with Crippen molar-refractivity contribution < 1.29 is 14.4 Å². The summed E-state index contributed by atoms with van der Waals surface area (Å²) in [7, 11) is 0. The van der Waals surface area contributed by atoms with Crippen LogP contribution >= 0.6 is 0 Å². The lowest BCUT2D eigenvalue weighted by atomic mass is 9.93. The van der Waals surface area contributed by atoms with E-state index in [2.05, 4.69) is 10.6 Å². The zero-order chi connectivity index (χ0) is 13.1. The van der Waals surface area contributed by atoms with E-state index in [1.54, 1.807) is 6.92 Å². The van der Waals surface area contributed by atoms with Gasteiger partial charge in [0, 0.05) is 6.54 Å². The summed E-state index contributed by atoms with van der Waals surface area (Å²) in [6, 6.07) is -0.482. The second-order valence-electron chi connectivity index (χ2n) is 4.06. The van der Waals surface area contributed by atoms with Crippen LogP contribution in [0.1, 0.15) is 33.6 Å². The number of rotatable bonds is 5. The van der Waals surface area contributed by atoms with Crippen LogP contribution in [0, 0.1) is 0 Å². The Bertz CT molecular complexity index is 337. The molecule has 96 valence electrons. The van der Waals surface area contributed by atoms with Gasteiger partial charge in [-0.25, -0.2) is 4.79 Å². The van der Waals surface area contributed by atoms with E-state index in [0.29, 0.717) is 19.4 Å². The highest BCUT2D eigenvalue weighted by Crippen LogP contribution is 2.24. The van der Waals surface area contributed by atoms with Gasteiger partial charge in [0.2, 0.25) is 5.91 Å². The highest BCUT2D eigenvalue weighted by atomic mass is 16.2. The molecule has 17 heavy (non-hydrogen) atoms. The molecule has 1 heterocycles. The molecule has 0 aromatic carbocycles. The smallest absolute Gasteiger partial charge is 0.325 e. The molecule has 1 saturated heterocycles. The third kappa shape index (κ3) is 2.40. The van der Waals surface area contributed by atoms with Crippen molar-refractivity contribution in [1.29, 1.82) is 0 Å². The maximum Gasteiger partial charge on any atom is 0.325 e. The van der Waals surface area contributed by atoms with Crippen LogP contribution in [0.25, 0.3) is 0 Å². The molecule has 0 atom stereocenters. The second-order valence-corrected chi connectivity index (χ2v) is 4.06. The van der Waals surface area contributed by atoms with Crippen molar-refractivity contribution >= 4 is 17.8 Å². The fourth-order valence-electron chi connectivity index (χ4n) is 1.95. The van der Waals surface area contributed by atoms with E-state index >= 15 is 0 Å². The predicted molar refractivity (Wildman–Crippen MR) is 62.2 cm³/mol. The number of amides is 4. The summed E-state index contributed by atoms with van der Waals surface area (Å²) < 4.78 is 0. The van der Waals surface area contributed by atoms with Gasteiger partial charge in [0.15, 0.2) is 0 Å². The first-order chi connectivity index (χ1) is 8.00. The molecule has 0 saturated carbocycles. The Morgan fingerprint density at radius 2 is 1.88 bits per heavy atom. The number of imide groups is 1. The Labute approximate surface area is 101 Å². The number of urea groups is 1. The zero-order valence-corrected chi connectivity index (χ0v) is 10.5. The fourth-order valence-corrected chi connectivity index (χ4v) is 1.95. The first-order valence-corrected chi connectivity index (χ1v) is 5.91. The van der Waals surface area contributed by atoms with Crippen molar-refractivity contribution in [2.24, 2.45) is 0 Å². The van der Waals surface area contributed by atoms with Gasteiger partial charge in [-0.3, -0.25) is 14.5 Å². The first-order valence-electron chi connectivity index (χ1n) is 5.91. The molecule has 1 rings (SSSR count). The number of nitrogens with one attached hydrogen (secondary N) is 2. The van der Waals surface area contributed by atoms with Crippen LogP contribution in [0.4, 0.5) is 4.79 Å². The van der Waals surface area contributed by atoms with Gasteiger partial charge in [0.25, 0.3) is 5.91 Å². The highest BCUT2D eigenvalue weighted by molar-refractivity contribution is 6.08. The lowest BCUT2D eigenvalue weighted by Gasteiger charge is -2.22. The van der Waals surface area contributed by atoms with E-state index in [1.165, 1.54) is 0 Å². The fraction of sp³-hybridized carbons (Fsp3) is 0.727. The molecule has 0 aromatic heterocycles. The summed E-state index contributed by atoms with van der Waals surface area (Å²) in [5.74, 6) is -0.627. The van der Waals surface area contributed by atoms with Crippen LogP contribution in [0.3, 0.4) is 0 Å². The summed E-state index contributed by atoms with van der Waals surface area (Å²) in [6.07, 6.45) is 1.06. The van der Waals surface area contributed by atoms with Crippen LogP contribution in [0.15, 0.2) is 0 Å². The van der Waals surface area contributed by atoms with Crippen LogP contribution in [0.2, 0.25) is 0 Å². The summed E-state index contributed by atoms with van der Waals surface area (Å²) >= 11 is 0. The van der Waals surface area contributed by atoms with E-state index in [9.17, 15) is 14.4 Å². The highest BCUT2D eigenvalue weighted by Gasteiger charge is 2.49. The van der Waals surface area contributed by atoms with Gasteiger partial charge in [0.05, 0.1) is 0 Å². The van der Waals surface area contributed by atoms with Gasteiger partial charge in [-0.1, -0.05) is 13.8 Å². The Hall–Kier alpha value is -1.59. The number of hydrogen-bond acceptors (Lipinski definition) is 3. The summed E-state index contributed by atoms with van der Waals surface area (Å²) in [6.45, 7) is 5.75. The molecule has 6 heteroatoms. The molecule has 6 nitrogen and oxygen atoms in total. The molecule has 1 aliphatic rings. The largest absolute Gasteiger partial charge is 0.355 e. The SMILES string of the molecule is CCNC(=O)CN1C(=O)NC(CC)(CC)C1=O. The third-order valence-corrected chi connectivity index (χ3v) is 3.13. The van der Waals surface area contributed by atoms with Gasteiger partial charge >= 0.3 is 6.03 Å². The van der Waals surface area contributed by atoms with Crippen molar-refractivity contribution in [1.82, 2.24) is 15.5 Å². The van der Waals surface area contributed by atoms with Gasteiger partial charge in [0.1, 0.15) is 12.1 Å². The van der Waals surface area contributed by atoms with Gasteiger partial charge < -0.3 is 10.6 Å². The Morgan fingerprint density at radius 3 is 2.29 bits per heavy atom. The monoisotopic (exact) mass is 241 g/mol. The minimum Gasteiger partial charge on any atom is -0.355 e. The van der Waals surface area contributed by atoms with Crippen molar-refractivity contribution in [3.63, 3.8) is 0 Å². The molecule has 4 amide bonds. The number of carbonyl (C=O) groups is 3. The Balaban J connectivity index is 2.79. The molecular formula is C11H19N3O3. The average molecular weight is 241 g/mol. The van der Waals surface area contributed by atoms with E-state index < -0.39 is 11.6 Å². The molecule has 0 bridgehead atoms. The van der Waals surface area contributed by atoms with Crippen LogP contribution in [0.5, 0.6) is 0 Å². The summed E-state index contributed by atoms with van der Waals surface area (Å²) in [4.78, 5) is 36.2. The molecule has 0 aromatic rings. The van der Waals surface area contributed by atoms with Crippen molar-refractivity contribution in [3.05, 3.63) is 0 Å². The minimum atomic E-state index is -0.830. The van der Waals surface area contributed by atoms with E-state index in [1.807, 2.05) is 13.8 Å².